The van der Waals surface area contributed by atoms with Crippen molar-refractivity contribution in [1.29, 1.82) is 0 Å². The van der Waals surface area contributed by atoms with Gasteiger partial charge in [0.05, 0.1) is 12.2 Å². The zero-order valence-electron chi connectivity index (χ0n) is 8.14. The second kappa shape index (κ2) is 2.46. The largest absolute Gasteiger partial charge is 0.373 e. The van der Waals surface area contributed by atoms with Crippen molar-refractivity contribution in [2.75, 3.05) is 13.0 Å². The Labute approximate surface area is 54.4 Å². The molecular formula is C6H13NO. The van der Waals surface area contributed by atoms with E-state index in [0.29, 0.717) is 0 Å². The fraction of sp³-hybridized carbons (Fsp3) is 1.00. The summed E-state index contributed by atoms with van der Waals surface area (Å²) in [4.78, 5) is 0. The minimum absolute atomic E-state index is 0.242. The zero-order chi connectivity index (χ0) is 8.65. The maximum atomic E-state index is 7.36. The molecule has 1 N–H and O–H groups in total. The highest BCUT2D eigenvalue weighted by atomic mass is 16.5. The molecule has 1 heterocycles. The monoisotopic (exact) mass is 118 g/mol. The van der Waals surface area contributed by atoms with E-state index < -0.39 is 19.1 Å². The first-order valence-electron chi connectivity index (χ1n) is 4.36. The molecule has 0 radical (unpaired) electrons. The summed E-state index contributed by atoms with van der Waals surface area (Å²) in [6.07, 6.45) is -0.729. The van der Waals surface area contributed by atoms with Gasteiger partial charge in [0.1, 0.15) is 0 Å². The van der Waals surface area contributed by atoms with E-state index in [2.05, 4.69) is 5.32 Å². The second-order valence-corrected chi connectivity index (χ2v) is 1.94. The number of ether oxygens (including phenoxy) is 1. The molecule has 0 aromatic heterocycles. The molecule has 0 aromatic rings. The van der Waals surface area contributed by atoms with Gasteiger partial charge in [-0.1, -0.05) is 0 Å². The Bertz CT molecular complexity index is 153. The number of rotatable bonds is 0. The summed E-state index contributed by atoms with van der Waals surface area (Å²) >= 11 is 0. The van der Waals surface area contributed by atoms with Crippen LogP contribution in [0.5, 0.6) is 0 Å². The zero-order valence-corrected chi connectivity index (χ0v) is 5.14. The van der Waals surface area contributed by atoms with Crippen LogP contribution in [0.15, 0.2) is 0 Å². The van der Waals surface area contributed by atoms with Crippen LogP contribution < -0.4 is 5.32 Å². The normalized spacial score (nSPS) is 60.8. The fourth-order valence-electron chi connectivity index (χ4n) is 0.678. The van der Waals surface area contributed by atoms with E-state index in [1.807, 2.05) is 0 Å². The van der Waals surface area contributed by atoms with Gasteiger partial charge in [0.2, 0.25) is 0 Å². The summed E-state index contributed by atoms with van der Waals surface area (Å²) in [6.45, 7) is 1.19. The predicted molar refractivity (Wildman–Crippen MR) is 32.9 cm³/mol. The Balaban J connectivity index is 2.63. The Morgan fingerprint density at radius 1 is 1.62 bits per heavy atom. The number of nitrogens with one attached hydrogen (secondary N) is 1. The molecule has 8 heavy (non-hydrogen) atoms. The van der Waals surface area contributed by atoms with Gasteiger partial charge >= 0.3 is 0 Å². The first-order valence-corrected chi connectivity index (χ1v) is 2.79. The summed E-state index contributed by atoms with van der Waals surface area (Å²) in [5, 5.41) is 2.53. The molecular weight excluding hydrogens is 102 g/mol. The Kier molecular flexibility index (Phi) is 0.980. The average molecular weight is 118 g/mol. The minimum Gasteiger partial charge on any atom is -0.373 e. The van der Waals surface area contributed by atoms with Gasteiger partial charge in [-0.05, 0) is 13.8 Å². The van der Waals surface area contributed by atoms with Gasteiger partial charge in [-0.15, -0.1) is 0 Å². The molecule has 48 valence electrons. The maximum Gasteiger partial charge on any atom is 0.0675 e. The Morgan fingerprint density at radius 3 is 3.00 bits per heavy atom. The highest BCUT2D eigenvalue weighted by Crippen LogP contribution is 2.00. The molecule has 0 aliphatic carbocycles. The van der Waals surface area contributed by atoms with Crippen molar-refractivity contribution in [2.24, 2.45) is 0 Å². The molecule has 1 fully saturated rings. The van der Waals surface area contributed by atoms with Gasteiger partial charge in [0.25, 0.3) is 0 Å². The van der Waals surface area contributed by atoms with Crippen molar-refractivity contribution in [2.45, 2.75) is 26.1 Å². The third kappa shape index (κ3) is 1.46. The SMILES string of the molecule is [2H]C1NC([2H])([2H])C(C)OC1C. The van der Waals surface area contributed by atoms with E-state index in [-0.39, 0.29) is 6.10 Å². The van der Waals surface area contributed by atoms with E-state index in [4.69, 9.17) is 8.85 Å². The van der Waals surface area contributed by atoms with E-state index in [0.717, 1.165) is 0 Å². The van der Waals surface area contributed by atoms with Crippen LogP contribution in [0.3, 0.4) is 0 Å². The van der Waals surface area contributed by atoms with Gasteiger partial charge in [-0.2, -0.15) is 0 Å². The van der Waals surface area contributed by atoms with Crippen LogP contribution in [0.2, 0.25) is 0 Å². The summed E-state index contributed by atoms with van der Waals surface area (Å²) in [7, 11) is 0. The smallest absolute Gasteiger partial charge is 0.0675 e. The van der Waals surface area contributed by atoms with Crippen LogP contribution in [0, 0.1) is 0 Å². The molecule has 0 amide bonds. The highest BCUT2D eigenvalue weighted by molar-refractivity contribution is 4.66. The average Bonchev–Trinajstić information content (AvgIpc) is 1.83. The molecule has 3 unspecified atom stereocenters. The van der Waals surface area contributed by atoms with Gasteiger partial charge < -0.3 is 10.1 Å². The molecule has 2 heteroatoms. The Hall–Kier alpha value is -0.0800. The van der Waals surface area contributed by atoms with Crippen molar-refractivity contribution in [3.05, 3.63) is 0 Å². The van der Waals surface area contributed by atoms with Crippen LogP contribution in [-0.2, 0) is 4.74 Å². The lowest BCUT2D eigenvalue weighted by atomic mass is 10.3. The van der Waals surface area contributed by atoms with Gasteiger partial charge in [-0.25, -0.2) is 0 Å². The molecule has 1 aliphatic heterocycles. The highest BCUT2D eigenvalue weighted by Gasteiger charge is 2.12. The first-order chi connectivity index (χ1) is 4.93. The molecule has 2 nitrogen and oxygen atoms in total. The number of hydrogen-bond acceptors (Lipinski definition) is 2. The molecule has 3 atom stereocenters. The Morgan fingerprint density at radius 2 is 2.38 bits per heavy atom. The van der Waals surface area contributed by atoms with Crippen LogP contribution in [0.4, 0.5) is 0 Å². The molecule has 1 aliphatic rings. The van der Waals surface area contributed by atoms with E-state index in [9.17, 15) is 0 Å². The van der Waals surface area contributed by atoms with E-state index in [1.165, 1.54) is 0 Å². The molecule has 0 saturated carbocycles. The molecule has 0 bridgehead atoms. The van der Waals surface area contributed by atoms with Crippen molar-refractivity contribution in [3.63, 3.8) is 0 Å². The van der Waals surface area contributed by atoms with Crippen molar-refractivity contribution >= 4 is 0 Å². The van der Waals surface area contributed by atoms with Crippen molar-refractivity contribution in [1.82, 2.24) is 5.32 Å². The van der Waals surface area contributed by atoms with Crippen LogP contribution in [0.25, 0.3) is 0 Å². The standard InChI is InChI=1S/C6H13NO/c1-5-3-7-4-6(2)8-5/h5-7H,3-4H2,1-2H3/i3D,4D2. The van der Waals surface area contributed by atoms with E-state index >= 15 is 0 Å². The topological polar surface area (TPSA) is 21.3 Å². The van der Waals surface area contributed by atoms with E-state index in [1.54, 1.807) is 13.8 Å². The molecule has 1 saturated heterocycles. The van der Waals surface area contributed by atoms with Crippen molar-refractivity contribution in [3.8, 4) is 0 Å². The lowest BCUT2D eigenvalue weighted by Gasteiger charge is -2.25. The quantitative estimate of drug-likeness (QED) is 0.496. The van der Waals surface area contributed by atoms with Crippen molar-refractivity contribution < 1.29 is 8.85 Å². The third-order valence-corrected chi connectivity index (χ3v) is 1.02. The third-order valence-electron chi connectivity index (χ3n) is 1.02. The molecule has 1 rings (SSSR count). The molecule has 0 spiro atoms. The predicted octanol–water partition coefficient (Wildman–Crippen LogP) is 0.383. The van der Waals surface area contributed by atoms with Crippen LogP contribution >= 0.6 is 0 Å². The fourth-order valence-corrected chi connectivity index (χ4v) is 0.678. The summed E-state index contributed by atoms with van der Waals surface area (Å²) in [5.74, 6) is 0. The maximum absolute atomic E-state index is 7.36. The number of hydrogen-bond donors (Lipinski definition) is 1. The van der Waals surface area contributed by atoms with Crippen LogP contribution in [-0.4, -0.2) is 25.2 Å². The lowest BCUT2D eigenvalue weighted by Crippen LogP contribution is -2.41. The lowest BCUT2D eigenvalue weighted by molar-refractivity contribution is -0.0166. The van der Waals surface area contributed by atoms with Gasteiger partial charge in [0.15, 0.2) is 0 Å². The summed E-state index contributed by atoms with van der Waals surface area (Å²) in [6, 6.07) is 0. The molecule has 0 aromatic carbocycles. The number of morpholine rings is 1. The summed E-state index contributed by atoms with van der Waals surface area (Å²) in [5.41, 5.74) is 0. The summed E-state index contributed by atoms with van der Waals surface area (Å²) < 4.78 is 27.3. The van der Waals surface area contributed by atoms with Gasteiger partial charge in [0, 0.05) is 17.1 Å². The van der Waals surface area contributed by atoms with Gasteiger partial charge in [-0.3, -0.25) is 0 Å². The minimum atomic E-state index is -1.57. The second-order valence-electron chi connectivity index (χ2n) is 1.94. The first kappa shape index (κ1) is 3.18. The van der Waals surface area contributed by atoms with Crippen LogP contribution in [0.1, 0.15) is 18.0 Å².